The first-order valence-corrected chi connectivity index (χ1v) is 28.0. The maximum Gasteiger partial charge on any atom is 0.326 e. The number of aliphatic carboxylic acids is 1. The predicted octanol–water partition coefficient (Wildman–Crippen LogP) is 8.77. The smallest absolute Gasteiger partial charge is 0.326 e. The van der Waals surface area contributed by atoms with Gasteiger partial charge in [-0.15, -0.1) is 11.8 Å². The van der Waals surface area contributed by atoms with Gasteiger partial charge in [0.2, 0.25) is 23.6 Å². The summed E-state index contributed by atoms with van der Waals surface area (Å²) in [5.74, 6) is -5.24. The Morgan fingerprint density at radius 1 is 0.506 bits per heavy atom. The summed E-state index contributed by atoms with van der Waals surface area (Å²) in [6.45, 7) is 5.73. The van der Waals surface area contributed by atoms with Gasteiger partial charge in [-0.1, -0.05) is 175 Å². The van der Waals surface area contributed by atoms with Gasteiger partial charge in [-0.2, -0.15) is 0 Å². The molecule has 0 heterocycles. The molecule has 4 atom stereocenters. The monoisotopic (exact) mass is 1090 g/mol. The quantitative estimate of drug-likeness (QED) is 0.0365. The zero-order chi connectivity index (χ0) is 55.0. The van der Waals surface area contributed by atoms with E-state index in [9.17, 15) is 27.9 Å². The SMILES string of the molecule is CC(C)(C)Oc1ccc(C[C@H](NC(=O)[C@@H](CSC(c2ccccc2)(c2ccccc2)c2ccccc2)NC(=O)[C@H](Cc2ccc(Cl)cc2)NC(=O)CS(=O)(=O)c2ccccc2)C(=O)N[C@H](Cc2ccccc2)C(=O)O)cc1. The number of benzene rings is 7. The molecular formula is C61H61ClN4O9S2. The highest BCUT2D eigenvalue weighted by atomic mass is 35.5. The van der Waals surface area contributed by atoms with Crippen molar-refractivity contribution in [1.82, 2.24) is 21.3 Å². The number of carboxylic acid groups (broad SMARTS) is 1. The number of amides is 4. The van der Waals surface area contributed by atoms with Crippen molar-refractivity contribution in [2.24, 2.45) is 0 Å². The summed E-state index contributed by atoms with van der Waals surface area (Å²) >= 11 is 7.59. The van der Waals surface area contributed by atoms with Crippen molar-refractivity contribution < 1.29 is 42.2 Å². The van der Waals surface area contributed by atoms with E-state index in [4.69, 9.17) is 16.3 Å². The molecule has 0 aromatic heterocycles. The van der Waals surface area contributed by atoms with Crippen LogP contribution in [-0.2, 0) is 57.8 Å². The molecule has 398 valence electrons. The number of thioether (sulfide) groups is 1. The summed E-state index contributed by atoms with van der Waals surface area (Å²) in [4.78, 5) is 71.5. The minimum atomic E-state index is -4.15. The highest BCUT2D eigenvalue weighted by Crippen LogP contribution is 2.48. The van der Waals surface area contributed by atoms with Crippen LogP contribution in [0.25, 0.3) is 0 Å². The number of rotatable bonds is 24. The largest absolute Gasteiger partial charge is 0.488 e. The molecule has 7 aromatic rings. The Hall–Kier alpha value is -7.72. The first-order chi connectivity index (χ1) is 36.9. The Labute approximate surface area is 459 Å². The molecule has 0 aliphatic heterocycles. The fraction of sp³-hybridized carbons (Fsp3) is 0.230. The molecule has 0 aliphatic carbocycles. The molecule has 0 radical (unpaired) electrons. The molecule has 5 N–H and O–H groups in total. The molecular weight excluding hydrogens is 1030 g/mol. The van der Waals surface area contributed by atoms with Gasteiger partial charge in [0.05, 0.1) is 9.64 Å². The molecule has 0 spiro atoms. The van der Waals surface area contributed by atoms with E-state index in [0.717, 1.165) is 16.7 Å². The lowest BCUT2D eigenvalue weighted by atomic mass is 9.84. The van der Waals surface area contributed by atoms with Crippen molar-refractivity contribution in [2.75, 3.05) is 11.5 Å². The summed E-state index contributed by atoms with van der Waals surface area (Å²) in [5.41, 5.74) is 3.89. The topological polar surface area (TPSA) is 197 Å². The van der Waals surface area contributed by atoms with Crippen LogP contribution in [0.2, 0.25) is 5.02 Å². The number of halogens is 1. The van der Waals surface area contributed by atoms with Gasteiger partial charge in [-0.25, -0.2) is 13.2 Å². The van der Waals surface area contributed by atoms with Gasteiger partial charge in [0.1, 0.15) is 41.3 Å². The number of nitrogens with one attached hydrogen (secondary N) is 4. The van der Waals surface area contributed by atoms with Crippen LogP contribution in [0.15, 0.2) is 205 Å². The molecule has 0 unspecified atom stereocenters. The number of hydrogen-bond donors (Lipinski definition) is 5. The summed E-state index contributed by atoms with van der Waals surface area (Å²) < 4.78 is 31.9. The summed E-state index contributed by atoms with van der Waals surface area (Å²) in [7, 11) is -4.15. The second-order valence-electron chi connectivity index (χ2n) is 19.4. The molecule has 13 nitrogen and oxygen atoms in total. The average molecular weight is 1090 g/mol. The lowest BCUT2D eigenvalue weighted by Crippen LogP contribution is -2.59. The van der Waals surface area contributed by atoms with E-state index in [1.165, 1.54) is 36.0 Å². The van der Waals surface area contributed by atoms with Crippen LogP contribution in [-0.4, -0.2) is 84.4 Å². The fourth-order valence-corrected chi connectivity index (χ4v) is 11.6. The maximum absolute atomic E-state index is 15.4. The van der Waals surface area contributed by atoms with E-state index >= 15 is 9.59 Å². The van der Waals surface area contributed by atoms with E-state index in [2.05, 4.69) is 21.3 Å². The number of ether oxygens (including phenoxy) is 1. The Morgan fingerprint density at radius 2 is 0.883 bits per heavy atom. The number of carbonyl (C=O) groups is 5. The van der Waals surface area contributed by atoms with Crippen LogP contribution in [0.5, 0.6) is 5.75 Å². The van der Waals surface area contributed by atoms with Gasteiger partial charge < -0.3 is 31.1 Å². The number of sulfone groups is 1. The third-order valence-electron chi connectivity index (χ3n) is 12.4. The highest BCUT2D eigenvalue weighted by molar-refractivity contribution is 8.00. The normalized spacial score (nSPS) is 13.2. The molecule has 0 aliphatic rings. The molecule has 16 heteroatoms. The Balaban J connectivity index is 1.28. The number of hydrogen-bond acceptors (Lipinski definition) is 9. The van der Waals surface area contributed by atoms with Crippen LogP contribution in [0.1, 0.15) is 54.2 Å². The summed E-state index contributed by atoms with van der Waals surface area (Å²) in [6, 6.07) is 53.2. The predicted molar refractivity (Wildman–Crippen MR) is 301 cm³/mol. The van der Waals surface area contributed by atoms with E-state index in [0.29, 0.717) is 27.5 Å². The van der Waals surface area contributed by atoms with Gasteiger partial charge in [0.15, 0.2) is 9.84 Å². The molecule has 0 saturated carbocycles. The van der Waals surface area contributed by atoms with Gasteiger partial charge in [-0.05, 0) is 90.6 Å². The van der Waals surface area contributed by atoms with E-state index in [1.807, 2.05) is 112 Å². The molecule has 0 fully saturated rings. The Morgan fingerprint density at radius 3 is 1.35 bits per heavy atom. The van der Waals surface area contributed by atoms with Crippen molar-refractivity contribution in [3.63, 3.8) is 0 Å². The molecule has 0 bridgehead atoms. The third kappa shape index (κ3) is 16.2. The average Bonchev–Trinajstić information content (AvgIpc) is 3.46. The Kier molecular flexibility index (Phi) is 19.5. The maximum atomic E-state index is 15.4. The first kappa shape index (κ1) is 57.0. The second kappa shape index (κ2) is 26.4. The van der Waals surface area contributed by atoms with Gasteiger partial charge >= 0.3 is 5.97 Å². The van der Waals surface area contributed by atoms with E-state index in [-0.39, 0.29) is 29.9 Å². The number of carboxylic acids is 1. The van der Waals surface area contributed by atoms with Crippen LogP contribution < -0.4 is 26.0 Å². The standard InChI is InChI=1S/C61H61ClN4O9S2/c1-60(2,3)75-49-35-31-44(32-36-49)38-52(57(69)65-53(59(71)72)39-42-19-9-4-10-20-42)64-58(70)54(40-76-61(45-21-11-5-12-22-45,46-23-13-6-14-24-46)47-25-15-7-16-26-47)66-56(68)51(37-43-29-33-48(62)34-30-43)63-55(67)41-77(73,74)50-27-17-8-18-28-50/h4-36,51-54H,37-41H2,1-3H3,(H,63,67)(H,64,70)(H,65,69)(H,66,68)(H,71,72)/t51-,52-,53+,54+/m0/s1. The van der Waals surface area contributed by atoms with E-state index < -0.39 is 79.7 Å². The van der Waals surface area contributed by atoms with Gasteiger partial charge in [-0.3, -0.25) is 19.2 Å². The van der Waals surface area contributed by atoms with Crippen LogP contribution >= 0.6 is 23.4 Å². The van der Waals surface area contributed by atoms with Crippen molar-refractivity contribution in [3.8, 4) is 5.75 Å². The second-order valence-corrected chi connectivity index (χ2v) is 23.0. The lowest BCUT2D eigenvalue weighted by molar-refractivity contribution is -0.142. The minimum absolute atomic E-state index is 0.0509. The van der Waals surface area contributed by atoms with Crippen LogP contribution in [0.4, 0.5) is 0 Å². The van der Waals surface area contributed by atoms with Gasteiger partial charge in [0, 0.05) is 30.0 Å². The summed E-state index contributed by atoms with van der Waals surface area (Å²) in [5, 5.41) is 21.9. The minimum Gasteiger partial charge on any atom is -0.488 e. The molecule has 77 heavy (non-hydrogen) atoms. The van der Waals surface area contributed by atoms with Crippen molar-refractivity contribution in [1.29, 1.82) is 0 Å². The van der Waals surface area contributed by atoms with Crippen LogP contribution in [0.3, 0.4) is 0 Å². The molecule has 7 rings (SSSR count). The summed E-state index contributed by atoms with van der Waals surface area (Å²) in [6.07, 6.45) is -0.293. The van der Waals surface area contributed by atoms with Crippen molar-refractivity contribution >= 4 is 62.8 Å². The molecule has 7 aromatic carbocycles. The lowest BCUT2D eigenvalue weighted by Gasteiger charge is -2.37. The zero-order valence-corrected chi connectivity index (χ0v) is 45.2. The van der Waals surface area contributed by atoms with Crippen LogP contribution in [0, 0.1) is 0 Å². The highest BCUT2D eigenvalue weighted by Gasteiger charge is 2.40. The van der Waals surface area contributed by atoms with Crippen molar-refractivity contribution in [3.05, 3.63) is 239 Å². The van der Waals surface area contributed by atoms with Gasteiger partial charge in [0.25, 0.3) is 0 Å². The Bertz CT molecular complexity index is 3090. The van der Waals surface area contributed by atoms with Crippen molar-refractivity contribution in [2.45, 2.75) is 79.4 Å². The number of carbonyl (C=O) groups excluding carboxylic acids is 4. The third-order valence-corrected chi connectivity index (χ3v) is 15.9. The van der Waals surface area contributed by atoms with E-state index in [1.54, 1.807) is 84.9 Å². The zero-order valence-electron chi connectivity index (χ0n) is 42.8. The fourth-order valence-electron chi connectivity index (χ4n) is 8.70. The first-order valence-electron chi connectivity index (χ1n) is 25.0. The molecule has 0 saturated heterocycles. The molecule has 4 amide bonds.